The maximum atomic E-state index is 13.2. The lowest BCUT2D eigenvalue weighted by atomic mass is 10.1. The van der Waals surface area contributed by atoms with E-state index in [0.717, 1.165) is 152 Å². The number of sulfonamides is 4. The van der Waals surface area contributed by atoms with Crippen LogP contribution in [0, 0.1) is 0 Å². The highest BCUT2D eigenvalue weighted by atomic mass is 35.5. The van der Waals surface area contributed by atoms with Crippen molar-refractivity contribution < 1.29 is 62.3 Å². The van der Waals surface area contributed by atoms with Crippen LogP contribution in [0.3, 0.4) is 0 Å². The summed E-state index contributed by atoms with van der Waals surface area (Å²) in [6.45, 7) is 11.6. The Morgan fingerprint density at radius 2 is 0.707 bits per heavy atom. The maximum Gasteiger partial charge on any atom is 0.333 e. The van der Waals surface area contributed by atoms with E-state index < -0.39 is 64.2 Å². The normalized spacial score (nSPS) is 13.6. The molecule has 4 aliphatic heterocycles. The van der Waals surface area contributed by atoms with Crippen molar-refractivity contribution in [3.05, 3.63) is 308 Å². The molecule has 0 bridgehead atoms. The second-order valence-electron chi connectivity index (χ2n) is 32.8. The van der Waals surface area contributed by atoms with Gasteiger partial charge in [0.1, 0.15) is 48.8 Å². The zero-order chi connectivity index (χ0) is 103. The van der Waals surface area contributed by atoms with Gasteiger partial charge in [-0.25, -0.2) is 96.7 Å². The fourth-order valence-corrected chi connectivity index (χ4v) is 25.3. The van der Waals surface area contributed by atoms with E-state index in [9.17, 15) is 72.0 Å². The van der Waals surface area contributed by atoms with E-state index in [0.29, 0.717) is 121 Å². The standard InChI is InChI=1S/C26H27ClN6O5S2.C26H27ClN6O4S2.C22H16ClN5O5S2.C21H16ClN5O4S2/c27-23-8-9-24(39-23)40(36,37)31-26(35)30-18-2-5-20(6-3-18)33-17-29-22-16-19(4-7-21(22)25(33)34)28-10-1-11-32-12-14-38-15-13-32;27-23-10-11-24(38-23)39(36,37)31-26(35)30-18-4-7-20(8-5-18)33-17-29-22-16-19(6-9-21(22)25(33)34)28-12-3-15-32-13-1-2-14-32;23-18-7-8-19(34-18)35(31,32)27-22(30)26-14-2-4-15(5-3-14)28-12-25-17-11-13(20-24-9-10-33-20)1-6-16(17)21(28)29;22-17-7-8-18(32-17)33(30,31)26-21(29)25-12-1-3-13(4-2-12)27-11-24-19-14-9-10-23-16(14)6-5-15(19)20(27)28/h2-9,16-17,28H,1,10-15H2,(H2,30,31,35);4-11,16-17,28H,1-3,12-15H2,(H2,30,31,35);1-8,11-12H,9-10H2,(H2,26,27,30);1-8,11,23H,9-10H2,(H2,25,26,29). The molecule has 0 saturated carbocycles. The van der Waals surface area contributed by atoms with Gasteiger partial charge in [0.05, 0.1) is 103 Å². The molecule has 40 nitrogen and oxygen atoms in total. The molecule has 11 N–H and O–H groups in total. The molecule has 0 radical (unpaired) electrons. The van der Waals surface area contributed by atoms with E-state index in [1.165, 1.54) is 118 Å². The molecule has 52 heteroatoms. The van der Waals surface area contributed by atoms with Gasteiger partial charge in [-0.1, -0.05) is 46.4 Å². The molecule has 4 aliphatic rings. The monoisotopic (exact) mass is 2220 g/mol. The second kappa shape index (κ2) is 46.3. The summed E-state index contributed by atoms with van der Waals surface area (Å²) in [7, 11) is -16.2. The number of nitrogens with zero attached hydrogens (tertiary/aromatic N) is 11. The summed E-state index contributed by atoms with van der Waals surface area (Å²) in [6, 6.07) is 52.6. The van der Waals surface area contributed by atoms with Crippen molar-refractivity contribution in [2.45, 2.75) is 48.9 Å². The van der Waals surface area contributed by atoms with Gasteiger partial charge in [0.15, 0.2) is 0 Å². The molecular formula is C95H86Cl4N22O18S8. The second-order valence-corrected chi connectivity index (χ2v) is 47.3. The molecule has 8 aromatic heterocycles. The molecule has 20 rings (SSSR count). The summed E-state index contributed by atoms with van der Waals surface area (Å²) in [5.74, 6) is 0.539. The van der Waals surface area contributed by atoms with E-state index in [4.69, 9.17) is 55.9 Å². The maximum absolute atomic E-state index is 13.2. The number of hydrogen-bond donors (Lipinski definition) is 11. The number of anilines is 7. The van der Waals surface area contributed by atoms with E-state index in [-0.39, 0.29) is 43.4 Å². The van der Waals surface area contributed by atoms with Gasteiger partial charge >= 0.3 is 24.1 Å². The Bertz CT molecular complexity index is 8480. The zero-order valence-corrected chi connectivity index (χ0v) is 86.3. The molecule has 8 aromatic carbocycles. The average molecular weight is 2220 g/mol. The van der Waals surface area contributed by atoms with Crippen molar-refractivity contribution in [1.82, 2.24) is 66.9 Å². The van der Waals surface area contributed by atoms with E-state index in [1.54, 1.807) is 133 Å². The number of nitrogens with one attached hydrogen (secondary N) is 11. The van der Waals surface area contributed by atoms with Crippen LogP contribution in [0.5, 0.6) is 0 Å². The highest BCUT2D eigenvalue weighted by molar-refractivity contribution is 7.93. The number of ether oxygens (including phenoxy) is 2. The van der Waals surface area contributed by atoms with Crippen LogP contribution in [-0.2, 0) is 56.0 Å². The third-order valence-electron chi connectivity index (χ3n) is 22.9. The SMILES string of the molecule is O=C(Nc1ccc(-n2cnc3c4c(ccc3c2=O)NCC4)cc1)NS(=O)(=O)c1ccc(Cl)s1.O=C(Nc1ccc(-n2cnc3cc(C4=NCCO4)ccc3c2=O)cc1)NS(=O)(=O)c1ccc(Cl)s1.O=C(Nc1ccc(-n2cnc3cc(NCCCN4CCCC4)ccc3c2=O)cc1)NS(=O)(=O)c1ccc(Cl)s1.O=C(Nc1ccc(-n2cnc3cc(NCCCN4CCOCC4)ccc3c2=O)cc1)NS(=O)(=O)c1ccc(Cl)s1. The number of carbonyl (C=O) groups excluding carboxylic acids is 4. The Morgan fingerprint density at radius 3 is 1.06 bits per heavy atom. The summed E-state index contributed by atoms with van der Waals surface area (Å²) in [5.41, 5.74) is 9.63. The van der Waals surface area contributed by atoms with Crippen LogP contribution in [0.15, 0.2) is 279 Å². The predicted octanol–water partition coefficient (Wildman–Crippen LogP) is 15.2. The Hall–Kier alpha value is -14.1. The van der Waals surface area contributed by atoms with Gasteiger partial charge in [-0.3, -0.25) is 42.3 Å². The number of hydrogen-bond acceptors (Lipinski definition) is 32. The molecule has 0 atom stereocenters. The van der Waals surface area contributed by atoms with Gasteiger partial charge in [0.25, 0.3) is 62.3 Å². The molecule has 8 amide bonds. The van der Waals surface area contributed by atoms with Crippen molar-refractivity contribution >= 4 is 245 Å². The molecule has 0 spiro atoms. The Labute approximate surface area is 874 Å². The van der Waals surface area contributed by atoms with Crippen molar-refractivity contribution in [2.24, 2.45) is 4.99 Å². The van der Waals surface area contributed by atoms with Gasteiger partial charge in [-0.05, 0) is 271 Å². The highest BCUT2D eigenvalue weighted by Crippen LogP contribution is 2.33. The number of carbonyl (C=O) groups is 4. The van der Waals surface area contributed by atoms with Crippen LogP contribution in [0.2, 0.25) is 17.3 Å². The summed E-state index contributed by atoms with van der Waals surface area (Å²) >= 11 is 26.5. The smallest absolute Gasteiger partial charge is 0.333 e. The van der Waals surface area contributed by atoms with Crippen LogP contribution in [0.4, 0.5) is 59.0 Å². The number of urea groups is 4. The molecule has 760 valence electrons. The third kappa shape index (κ3) is 26.1. The Kier molecular flexibility index (Phi) is 32.9. The third-order valence-corrected chi connectivity index (χ3v) is 35.1. The fraction of sp³-hybridized carbons (Fsp3) is 0.189. The summed E-state index contributed by atoms with van der Waals surface area (Å²) < 4.78 is 123. The number of fused-ring (bicyclic) bond motifs is 6. The van der Waals surface area contributed by atoms with E-state index in [2.05, 4.69) is 71.9 Å². The Balaban J connectivity index is 0.000000134. The minimum atomic E-state index is -4.04. The number of aliphatic imine (C=N–C) groups is 1. The number of rotatable bonds is 27. The number of aromatic nitrogens is 8. The first-order valence-electron chi connectivity index (χ1n) is 45.0. The van der Waals surface area contributed by atoms with Crippen molar-refractivity contribution in [2.75, 3.05) is 122 Å². The fourth-order valence-electron chi connectivity index (χ4n) is 15.8. The van der Waals surface area contributed by atoms with Crippen LogP contribution in [0.25, 0.3) is 66.4 Å². The molecule has 147 heavy (non-hydrogen) atoms. The quantitative estimate of drug-likeness (QED) is 0.0213. The van der Waals surface area contributed by atoms with Gasteiger partial charge in [-0.2, -0.15) is 0 Å². The minimum absolute atomic E-state index is 0.0670. The van der Waals surface area contributed by atoms with Gasteiger partial charge in [-0.15, -0.1) is 45.3 Å². The predicted molar refractivity (Wildman–Crippen MR) is 573 cm³/mol. The Morgan fingerprint density at radius 1 is 0.374 bits per heavy atom. The van der Waals surface area contributed by atoms with Crippen LogP contribution < -0.4 is 78.3 Å². The average Bonchev–Trinajstić information content (AvgIpc) is 1.68. The van der Waals surface area contributed by atoms with Crippen LogP contribution in [0.1, 0.15) is 36.8 Å². The lowest BCUT2D eigenvalue weighted by Gasteiger charge is -2.26. The number of amides is 8. The number of likely N-dealkylation sites (tertiary alicyclic amines) is 1. The lowest BCUT2D eigenvalue weighted by Crippen LogP contribution is -2.37. The van der Waals surface area contributed by atoms with E-state index >= 15 is 0 Å². The number of morpholine rings is 1. The summed E-state index contributed by atoms with van der Waals surface area (Å²) in [4.78, 5) is 128. The summed E-state index contributed by atoms with van der Waals surface area (Å²) in [6.07, 6.45) is 11.3. The van der Waals surface area contributed by atoms with Crippen molar-refractivity contribution in [3.63, 3.8) is 0 Å². The molecule has 0 unspecified atom stereocenters. The lowest BCUT2D eigenvalue weighted by molar-refractivity contribution is 0.0378. The molecule has 16 aromatic rings. The van der Waals surface area contributed by atoms with Crippen LogP contribution in [-0.4, -0.2) is 197 Å². The van der Waals surface area contributed by atoms with Gasteiger partial charge in [0.2, 0.25) is 5.90 Å². The largest absolute Gasteiger partial charge is 0.476 e. The first kappa shape index (κ1) is 104. The van der Waals surface area contributed by atoms with Gasteiger partial charge in [0, 0.05) is 83.7 Å². The number of benzene rings is 8. The van der Waals surface area contributed by atoms with Gasteiger partial charge < -0.3 is 51.6 Å². The van der Waals surface area contributed by atoms with Crippen molar-refractivity contribution in [1.29, 1.82) is 0 Å². The molecule has 2 fully saturated rings. The van der Waals surface area contributed by atoms with E-state index in [1.807, 2.05) is 49.2 Å². The van der Waals surface area contributed by atoms with Crippen molar-refractivity contribution in [3.8, 4) is 22.7 Å². The minimum Gasteiger partial charge on any atom is -0.476 e. The molecule has 2 saturated heterocycles. The van der Waals surface area contributed by atoms with Crippen LogP contribution >= 0.6 is 91.8 Å². The molecular weight excluding hydrogens is 2140 g/mol. The topological polar surface area (TPSA) is 514 Å². The molecule has 0 aliphatic carbocycles. The number of thiophene rings is 4. The molecule has 12 heterocycles. The first-order chi connectivity index (χ1) is 70.7. The summed E-state index contributed by atoms with van der Waals surface area (Å²) in [5, 5.41) is 21.8. The first-order valence-corrected chi connectivity index (χ1v) is 55.7. The zero-order valence-electron chi connectivity index (χ0n) is 76.8. The highest BCUT2D eigenvalue weighted by Gasteiger charge is 2.28. The number of halogens is 4.